The van der Waals surface area contributed by atoms with E-state index in [4.69, 9.17) is 11.6 Å². The minimum absolute atomic E-state index is 0.0262. The molecule has 3 fully saturated rings. The lowest BCUT2D eigenvalue weighted by atomic mass is 9.96. The maximum atomic E-state index is 14.5. The molecular formula is C38H52ClFN6O2. The average Bonchev–Trinajstić information content (AvgIpc) is 3.82. The van der Waals surface area contributed by atoms with Crippen LogP contribution in [0, 0.1) is 29.5 Å². The van der Waals surface area contributed by atoms with Crippen LogP contribution in [0.1, 0.15) is 69.8 Å². The van der Waals surface area contributed by atoms with Gasteiger partial charge in [-0.2, -0.15) is 0 Å². The largest absolute Gasteiger partial charge is 0.342 e. The lowest BCUT2D eigenvalue weighted by molar-refractivity contribution is -0.128. The predicted molar refractivity (Wildman–Crippen MR) is 190 cm³/mol. The highest BCUT2D eigenvalue weighted by atomic mass is 35.5. The van der Waals surface area contributed by atoms with Crippen molar-refractivity contribution in [3.8, 4) is 5.69 Å². The first-order valence-corrected chi connectivity index (χ1v) is 18.2. The van der Waals surface area contributed by atoms with Crippen molar-refractivity contribution in [1.29, 1.82) is 0 Å². The Labute approximate surface area is 290 Å². The minimum Gasteiger partial charge on any atom is -0.342 e. The second-order valence-corrected chi connectivity index (χ2v) is 15.6. The first-order chi connectivity index (χ1) is 22.9. The van der Waals surface area contributed by atoms with Crippen LogP contribution in [0.5, 0.6) is 0 Å². The molecule has 2 aromatic heterocycles. The molecule has 2 amide bonds. The lowest BCUT2D eigenvalue weighted by Gasteiger charge is -2.32. The normalized spacial score (nSPS) is 22.4. The first kappa shape index (κ1) is 34.8. The van der Waals surface area contributed by atoms with Crippen LogP contribution < -0.4 is 0 Å². The van der Waals surface area contributed by atoms with Crippen molar-refractivity contribution in [3.05, 3.63) is 58.8 Å². The predicted octanol–water partition coefficient (Wildman–Crippen LogP) is 6.38. The molecule has 0 spiro atoms. The average molecular weight is 679 g/mol. The summed E-state index contributed by atoms with van der Waals surface area (Å²) >= 11 is 6.81. The summed E-state index contributed by atoms with van der Waals surface area (Å²) < 4.78 is 16.5. The topological polar surface area (TPSA) is 64.9 Å². The van der Waals surface area contributed by atoms with E-state index in [1.807, 2.05) is 23.3 Å². The zero-order chi connectivity index (χ0) is 34.3. The zero-order valence-corrected chi connectivity index (χ0v) is 30.2. The fourth-order valence-electron chi connectivity index (χ4n) is 8.52. The van der Waals surface area contributed by atoms with E-state index in [-0.39, 0.29) is 17.9 Å². The highest BCUT2D eigenvalue weighted by Crippen LogP contribution is 2.36. The zero-order valence-electron chi connectivity index (χ0n) is 29.5. The van der Waals surface area contributed by atoms with Crippen LogP contribution in [0.15, 0.2) is 36.8 Å². The van der Waals surface area contributed by atoms with Gasteiger partial charge in [0, 0.05) is 76.6 Å². The molecule has 0 saturated carbocycles. The highest BCUT2D eigenvalue weighted by Gasteiger charge is 2.40. The van der Waals surface area contributed by atoms with Gasteiger partial charge in [0.1, 0.15) is 5.82 Å². The second kappa shape index (κ2) is 14.5. The van der Waals surface area contributed by atoms with Crippen molar-refractivity contribution >= 4 is 34.3 Å². The van der Waals surface area contributed by atoms with Gasteiger partial charge < -0.3 is 19.3 Å². The Bertz CT molecular complexity index is 1630. The fraction of sp³-hybridized carbons (Fsp3) is 0.605. The monoisotopic (exact) mass is 678 g/mol. The number of fused-ring (bicyclic) bond motifs is 2. The van der Waals surface area contributed by atoms with Crippen LogP contribution in [0.25, 0.3) is 16.6 Å². The summed E-state index contributed by atoms with van der Waals surface area (Å²) in [6.45, 7) is 17.7. The number of carbonyl (C=O) groups is 2. The van der Waals surface area contributed by atoms with Crippen molar-refractivity contribution in [2.24, 2.45) is 23.7 Å². The molecule has 0 unspecified atom stereocenters. The molecule has 3 aliphatic rings. The lowest BCUT2D eigenvalue weighted by Crippen LogP contribution is -2.38. The fourth-order valence-corrected chi connectivity index (χ4v) is 8.79. The molecule has 1 aromatic carbocycles. The molecule has 3 aliphatic heterocycles. The van der Waals surface area contributed by atoms with Gasteiger partial charge in [0.05, 0.1) is 28.0 Å². The first-order valence-electron chi connectivity index (χ1n) is 17.8. The molecule has 3 aromatic rings. The van der Waals surface area contributed by atoms with E-state index >= 15 is 0 Å². The van der Waals surface area contributed by atoms with Crippen molar-refractivity contribution < 1.29 is 14.0 Å². The Morgan fingerprint density at radius 2 is 1.79 bits per heavy atom. The summed E-state index contributed by atoms with van der Waals surface area (Å²) in [5.41, 5.74) is 2.89. The van der Waals surface area contributed by atoms with Gasteiger partial charge in [0.25, 0.3) is 5.91 Å². The maximum absolute atomic E-state index is 14.5. The molecule has 48 heavy (non-hydrogen) atoms. The quantitative estimate of drug-likeness (QED) is 0.236. The van der Waals surface area contributed by atoms with Gasteiger partial charge in [-0.25, -0.2) is 4.39 Å². The van der Waals surface area contributed by atoms with Crippen LogP contribution >= 0.6 is 11.6 Å². The molecular weight excluding hydrogens is 627 g/mol. The number of amides is 2. The second-order valence-electron chi connectivity index (χ2n) is 15.2. The number of aromatic nitrogens is 2. The molecule has 3 saturated heterocycles. The summed E-state index contributed by atoms with van der Waals surface area (Å²) in [6, 6.07) is 4.94. The molecule has 10 heteroatoms. The van der Waals surface area contributed by atoms with Gasteiger partial charge in [-0.1, -0.05) is 25.4 Å². The molecule has 0 bridgehead atoms. The molecule has 4 atom stereocenters. The van der Waals surface area contributed by atoms with Gasteiger partial charge in [0.2, 0.25) is 5.91 Å². The Hall–Kier alpha value is -3.01. The van der Waals surface area contributed by atoms with Crippen LogP contribution in [-0.2, 0) is 11.2 Å². The molecule has 5 heterocycles. The number of benzene rings is 1. The number of hydrogen-bond acceptors (Lipinski definition) is 5. The number of nitrogens with zero attached hydrogens (tertiary/aromatic N) is 6. The Kier molecular flexibility index (Phi) is 10.5. The van der Waals surface area contributed by atoms with E-state index in [1.54, 1.807) is 37.3 Å². The van der Waals surface area contributed by atoms with E-state index in [9.17, 15) is 14.0 Å². The Balaban J connectivity index is 1.14. The summed E-state index contributed by atoms with van der Waals surface area (Å²) in [7, 11) is 1.75. The maximum Gasteiger partial charge on any atom is 0.256 e. The number of likely N-dealkylation sites (tertiary alicyclic amines) is 3. The summed E-state index contributed by atoms with van der Waals surface area (Å²) in [5, 5.41) is 1.54. The number of carbonyl (C=O) groups excluding carboxylic acids is 2. The summed E-state index contributed by atoms with van der Waals surface area (Å²) in [6.07, 6.45) is 9.94. The van der Waals surface area contributed by atoms with Gasteiger partial charge in [-0.05, 0) is 100 Å². The van der Waals surface area contributed by atoms with Crippen molar-refractivity contribution in [1.82, 2.24) is 29.2 Å². The van der Waals surface area contributed by atoms with Gasteiger partial charge in [-0.3, -0.25) is 19.5 Å². The van der Waals surface area contributed by atoms with E-state index < -0.39 is 5.82 Å². The van der Waals surface area contributed by atoms with E-state index in [1.165, 1.54) is 25.0 Å². The highest BCUT2D eigenvalue weighted by molar-refractivity contribution is 6.35. The van der Waals surface area contributed by atoms with Crippen molar-refractivity contribution in [2.75, 3.05) is 52.9 Å². The minimum atomic E-state index is -0.443. The molecule has 260 valence electrons. The van der Waals surface area contributed by atoms with Crippen LogP contribution in [0.2, 0.25) is 5.02 Å². The van der Waals surface area contributed by atoms with Gasteiger partial charge >= 0.3 is 0 Å². The number of hydrogen-bond donors (Lipinski definition) is 0. The van der Waals surface area contributed by atoms with Crippen LogP contribution in [0.3, 0.4) is 0 Å². The van der Waals surface area contributed by atoms with Crippen molar-refractivity contribution in [2.45, 2.75) is 72.4 Å². The smallest absolute Gasteiger partial charge is 0.256 e. The molecule has 8 nitrogen and oxygen atoms in total. The third-order valence-electron chi connectivity index (χ3n) is 11.3. The SMILES string of the molecule is CC(=O)N1C[C@@H]2CN(CCC[C@@H](C(C)C)N3CC[C@@H](Cc4cn(-c5ccc(F)cc5C(=O)N(C)C(C)C)c5cncc(Cl)c45)C3)C[C@H]2C1. The van der Waals surface area contributed by atoms with E-state index in [0.717, 1.165) is 75.1 Å². The van der Waals surface area contributed by atoms with Crippen LogP contribution in [0.4, 0.5) is 4.39 Å². The number of pyridine rings is 1. The van der Waals surface area contributed by atoms with E-state index in [2.05, 4.69) is 34.8 Å². The standard InChI is InChI=1S/C38H52ClFN6O2/c1-24(2)34(8-7-12-43-19-29-21-45(26(5)47)22-30(29)20-43)44-13-11-27(18-44)14-28-23-46(36-17-41-16-33(39)37(28)36)35-10-9-31(40)15-32(35)38(48)42(6)25(3)4/h9-10,15-17,23-25,27,29-30,34H,7-8,11-14,18-22H2,1-6H3/t27-,29-,30-,34-/m0/s1. The van der Waals surface area contributed by atoms with E-state index in [0.29, 0.717) is 46.0 Å². The summed E-state index contributed by atoms with van der Waals surface area (Å²) in [4.78, 5) is 38.7. The van der Waals surface area contributed by atoms with Crippen molar-refractivity contribution in [3.63, 3.8) is 0 Å². The molecule has 0 N–H and O–H groups in total. The number of halogens is 2. The third-order valence-corrected chi connectivity index (χ3v) is 11.6. The number of rotatable bonds is 11. The Morgan fingerprint density at radius 3 is 2.46 bits per heavy atom. The van der Waals surface area contributed by atoms with Gasteiger partial charge in [-0.15, -0.1) is 0 Å². The third kappa shape index (κ3) is 7.15. The molecule has 0 aliphatic carbocycles. The molecule has 6 rings (SSSR count). The molecule has 0 radical (unpaired) electrons. The summed E-state index contributed by atoms with van der Waals surface area (Å²) in [5.74, 6) is 1.89. The van der Waals surface area contributed by atoms with Crippen LogP contribution in [-0.4, -0.2) is 106 Å². The van der Waals surface area contributed by atoms with Gasteiger partial charge in [0.15, 0.2) is 0 Å². The Morgan fingerprint density at radius 1 is 1.06 bits per heavy atom.